The SMILES string of the molecule is Cc1cscc1CNCc1cc(=O)n(C)c(=O)n1C. The second-order valence-electron chi connectivity index (χ2n) is 4.56. The van der Waals surface area contributed by atoms with Gasteiger partial charge in [-0.3, -0.25) is 13.9 Å². The van der Waals surface area contributed by atoms with Crippen LogP contribution in [-0.2, 0) is 27.2 Å². The van der Waals surface area contributed by atoms with Crippen molar-refractivity contribution < 1.29 is 0 Å². The second kappa shape index (κ2) is 5.54. The molecule has 2 heterocycles. The second-order valence-corrected chi connectivity index (χ2v) is 5.30. The van der Waals surface area contributed by atoms with Crippen molar-refractivity contribution in [2.75, 3.05) is 0 Å². The van der Waals surface area contributed by atoms with Crippen molar-refractivity contribution in [3.05, 3.63) is 54.5 Å². The minimum atomic E-state index is -0.295. The van der Waals surface area contributed by atoms with Gasteiger partial charge < -0.3 is 5.32 Å². The van der Waals surface area contributed by atoms with Crippen molar-refractivity contribution in [1.29, 1.82) is 0 Å². The van der Waals surface area contributed by atoms with Crippen molar-refractivity contribution in [2.24, 2.45) is 14.1 Å². The van der Waals surface area contributed by atoms with E-state index in [1.54, 1.807) is 18.4 Å². The number of hydrogen-bond donors (Lipinski definition) is 1. The summed E-state index contributed by atoms with van der Waals surface area (Å²) in [7, 11) is 3.16. The van der Waals surface area contributed by atoms with Crippen LogP contribution in [0.1, 0.15) is 16.8 Å². The summed E-state index contributed by atoms with van der Waals surface area (Å²) in [5.74, 6) is 0. The van der Waals surface area contributed by atoms with Gasteiger partial charge in [0.1, 0.15) is 0 Å². The normalized spacial score (nSPS) is 10.9. The van der Waals surface area contributed by atoms with E-state index in [-0.39, 0.29) is 11.2 Å². The molecule has 0 bridgehead atoms. The zero-order chi connectivity index (χ0) is 14.0. The van der Waals surface area contributed by atoms with E-state index in [2.05, 4.69) is 23.0 Å². The van der Waals surface area contributed by atoms with Gasteiger partial charge in [-0.15, -0.1) is 0 Å². The molecule has 0 aliphatic heterocycles. The van der Waals surface area contributed by atoms with Gasteiger partial charge in [0.25, 0.3) is 5.56 Å². The van der Waals surface area contributed by atoms with Crippen LogP contribution in [0, 0.1) is 6.92 Å². The topological polar surface area (TPSA) is 56.0 Å². The highest BCUT2D eigenvalue weighted by molar-refractivity contribution is 7.08. The minimum Gasteiger partial charge on any atom is -0.307 e. The van der Waals surface area contributed by atoms with Crippen molar-refractivity contribution >= 4 is 11.3 Å². The highest BCUT2D eigenvalue weighted by Gasteiger charge is 2.06. The molecule has 1 N–H and O–H groups in total. The summed E-state index contributed by atoms with van der Waals surface area (Å²) >= 11 is 1.67. The Morgan fingerprint density at radius 2 is 1.89 bits per heavy atom. The fourth-order valence-corrected chi connectivity index (χ4v) is 2.70. The van der Waals surface area contributed by atoms with E-state index in [1.165, 1.54) is 28.8 Å². The van der Waals surface area contributed by atoms with Crippen molar-refractivity contribution in [3.63, 3.8) is 0 Å². The fraction of sp³-hybridized carbons (Fsp3) is 0.385. The summed E-state index contributed by atoms with van der Waals surface area (Å²) in [4.78, 5) is 23.3. The molecule has 0 atom stereocenters. The van der Waals surface area contributed by atoms with Crippen LogP contribution in [0.2, 0.25) is 0 Å². The molecule has 0 amide bonds. The zero-order valence-electron chi connectivity index (χ0n) is 11.3. The van der Waals surface area contributed by atoms with Gasteiger partial charge >= 0.3 is 5.69 Å². The van der Waals surface area contributed by atoms with Crippen molar-refractivity contribution in [1.82, 2.24) is 14.5 Å². The van der Waals surface area contributed by atoms with Crippen LogP contribution in [0.5, 0.6) is 0 Å². The Bertz CT molecular complexity index is 697. The average Bonchev–Trinajstić information content (AvgIpc) is 2.79. The molecule has 0 fully saturated rings. The number of hydrogen-bond acceptors (Lipinski definition) is 4. The Balaban J connectivity index is 2.11. The molecule has 0 aliphatic rings. The number of rotatable bonds is 4. The van der Waals surface area contributed by atoms with Crippen LogP contribution in [-0.4, -0.2) is 9.13 Å². The molecule has 0 saturated heterocycles. The van der Waals surface area contributed by atoms with Gasteiger partial charge in [-0.25, -0.2) is 4.79 Å². The van der Waals surface area contributed by atoms with Crippen LogP contribution >= 0.6 is 11.3 Å². The minimum absolute atomic E-state index is 0.272. The van der Waals surface area contributed by atoms with E-state index < -0.39 is 0 Å². The lowest BCUT2D eigenvalue weighted by Gasteiger charge is -2.10. The van der Waals surface area contributed by atoms with Gasteiger partial charge in [-0.05, 0) is 28.8 Å². The first kappa shape index (κ1) is 13.8. The van der Waals surface area contributed by atoms with Crippen LogP contribution in [0.3, 0.4) is 0 Å². The van der Waals surface area contributed by atoms with Gasteiger partial charge in [0.2, 0.25) is 0 Å². The summed E-state index contributed by atoms with van der Waals surface area (Å²) in [6.45, 7) is 3.30. The first-order chi connectivity index (χ1) is 9.00. The number of aromatic nitrogens is 2. The summed E-state index contributed by atoms with van der Waals surface area (Å²) in [5.41, 5.74) is 2.64. The molecule has 2 aromatic rings. The number of thiophene rings is 1. The van der Waals surface area contributed by atoms with Crippen molar-refractivity contribution in [3.8, 4) is 0 Å². The molecule has 102 valence electrons. The lowest BCUT2D eigenvalue weighted by Crippen LogP contribution is -2.38. The highest BCUT2D eigenvalue weighted by atomic mass is 32.1. The molecular weight excluding hydrogens is 262 g/mol. The smallest absolute Gasteiger partial charge is 0.307 e. The lowest BCUT2D eigenvalue weighted by molar-refractivity contribution is 0.600. The van der Waals surface area contributed by atoms with Crippen LogP contribution < -0.4 is 16.6 Å². The third kappa shape index (κ3) is 2.85. The van der Waals surface area contributed by atoms with Gasteiger partial charge in [0.15, 0.2) is 0 Å². The Labute approximate surface area is 115 Å². The van der Waals surface area contributed by atoms with Crippen LogP contribution in [0.15, 0.2) is 26.4 Å². The van der Waals surface area contributed by atoms with Gasteiger partial charge in [0.05, 0.1) is 0 Å². The Hall–Kier alpha value is -1.66. The van der Waals surface area contributed by atoms with Gasteiger partial charge in [-0.2, -0.15) is 11.3 Å². The maximum absolute atomic E-state index is 11.8. The van der Waals surface area contributed by atoms with E-state index >= 15 is 0 Å². The van der Waals surface area contributed by atoms with Crippen molar-refractivity contribution in [2.45, 2.75) is 20.0 Å². The van der Waals surface area contributed by atoms with E-state index in [4.69, 9.17) is 0 Å². The third-order valence-electron chi connectivity index (χ3n) is 3.21. The summed E-state index contributed by atoms with van der Waals surface area (Å²) in [6, 6.07) is 1.49. The van der Waals surface area contributed by atoms with E-state index in [1.807, 2.05) is 0 Å². The monoisotopic (exact) mass is 279 g/mol. The summed E-state index contributed by atoms with van der Waals surface area (Å²) in [5, 5.41) is 7.46. The number of aryl methyl sites for hydroxylation is 1. The van der Waals surface area contributed by atoms with Gasteiger partial charge in [0, 0.05) is 38.9 Å². The zero-order valence-corrected chi connectivity index (χ0v) is 12.1. The molecule has 2 rings (SSSR count). The number of nitrogens with zero attached hydrogens (tertiary/aromatic N) is 2. The maximum atomic E-state index is 11.8. The Morgan fingerprint density at radius 3 is 2.53 bits per heavy atom. The molecule has 19 heavy (non-hydrogen) atoms. The molecule has 6 heteroatoms. The molecule has 0 radical (unpaired) electrons. The maximum Gasteiger partial charge on any atom is 0.330 e. The third-order valence-corrected chi connectivity index (χ3v) is 4.12. The van der Waals surface area contributed by atoms with E-state index in [9.17, 15) is 9.59 Å². The largest absolute Gasteiger partial charge is 0.330 e. The first-order valence-corrected chi connectivity index (χ1v) is 6.93. The lowest BCUT2D eigenvalue weighted by atomic mass is 10.2. The van der Waals surface area contributed by atoms with E-state index in [0.29, 0.717) is 12.2 Å². The predicted molar refractivity (Wildman–Crippen MR) is 76.5 cm³/mol. The molecule has 0 saturated carbocycles. The molecule has 0 aromatic carbocycles. The summed E-state index contributed by atoms with van der Waals surface area (Å²) < 4.78 is 2.60. The van der Waals surface area contributed by atoms with E-state index in [0.717, 1.165) is 11.1 Å². The molecule has 5 nitrogen and oxygen atoms in total. The standard InChI is InChI=1S/C13H17N3O2S/c1-9-7-19-8-10(9)5-14-6-11-4-12(17)16(3)13(18)15(11)2/h4,7-8,14H,5-6H2,1-3H3. The first-order valence-electron chi connectivity index (χ1n) is 5.99. The molecule has 2 aromatic heterocycles. The van der Waals surface area contributed by atoms with Crippen LogP contribution in [0.4, 0.5) is 0 Å². The average molecular weight is 279 g/mol. The quantitative estimate of drug-likeness (QED) is 0.898. The Kier molecular flexibility index (Phi) is 4.01. The highest BCUT2D eigenvalue weighted by Crippen LogP contribution is 2.13. The fourth-order valence-electron chi connectivity index (χ4n) is 1.84. The summed E-state index contributed by atoms with van der Waals surface area (Å²) in [6.07, 6.45) is 0. The molecule has 0 aliphatic carbocycles. The number of nitrogens with one attached hydrogen (secondary N) is 1. The molecular formula is C13H17N3O2S. The molecule has 0 spiro atoms. The molecule has 0 unspecified atom stereocenters. The van der Waals surface area contributed by atoms with Gasteiger partial charge in [-0.1, -0.05) is 0 Å². The predicted octanol–water partition coefficient (Wildman–Crippen LogP) is 0.744. The Morgan fingerprint density at radius 1 is 1.16 bits per heavy atom. The van der Waals surface area contributed by atoms with Crippen LogP contribution in [0.25, 0.3) is 0 Å².